The second kappa shape index (κ2) is 9.97. The Hall–Kier alpha value is -0.330. The number of likely N-dealkylation sites (tertiary alicyclic amines) is 1. The van der Waals surface area contributed by atoms with E-state index in [1.807, 2.05) is 11.9 Å². The standard InChI is InChI=1S/C19H34N4S/c20-8-4-5-9-21-10-11-24-23-15-18-13-22(14-19(18)16-23)12-17-6-2-1-3-7-17/h2,6-7,18-19,21H,1,3-5,8-16,20H2. The molecule has 136 valence electrons. The zero-order valence-corrected chi connectivity index (χ0v) is 15.8. The fourth-order valence-electron chi connectivity index (χ4n) is 4.09. The van der Waals surface area contributed by atoms with Gasteiger partial charge in [0.2, 0.25) is 0 Å². The number of nitrogens with two attached hydrogens (primary N) is 1. The molecule has 2 atom stereocenters. The van der Waals surface area contributed by atoms with Crippen molar-refractivity contribution in [2.24, 2.45) is 17.6 Å². The lowest BCUT2D eigenvalue weighted by atomic mass is 10.0. The first-order valence-corrected chi connectivity index (χ1v) is 10.7. The number of fused-ring (bicyclic) bond motifs is 1. The molecule has 0 bridgehead atoms. The van der Waals surface area contributed by atoms with E-state index in [1.54, 1.807) is 0 Å². The molecule has 2 heterocycles. The van der Waals surface area contributed by atoms with E-state index < -0.39 is 0 Å². The molecule has 3 rings (SSSR count). The molecule has 2 unspecified atom stereocenters. The Morgan fingerprint density at radius 1 is 1.08 bits per heavy atom. The molecule has 2 aliphatic heterocycles. The van der Waals surface area contributed by atoms with Crippen molar-refractivity contribution < 1.29 is 0 Å². The van der Waals surface area contributed by atoms with Gasteiger partial charge < -0.3 is 11.1 Å². The predicted molar refractivity (Wildman–Crippen MR) is 105 cm³/mol. The molecule has 0 aromatic rings. The van der Waals surface area contributed by atoms with Crippen molar-refractivity contribution in [3.8, 4) is 0 Å². The lowest BCUT2D eigenvalue weighted by Gasteiger charge is -2.21. The number of unbranched alkanes of at least 4 members (excludes halogenated alkanes) is 1. The Kier molecular flexibility index (Phi) is 7.67. The van der Waals surface area contributed by atoms with Crippen LogP contribution in [0.1, 0.15) is 25.7 Å². The summed E-state index contributed by atoms with van der Waals surface area (Å²) in [5, 5.41) is 3.52. The van der Waals surface area contributed by atoms with Crippen LogP contribution in [-0.4, -0.2) is 67.3 Å². The lowest BCUT2D eigenvalue weighted by Crippen LogP contribution is -2.28. The quantitative estimate of drug-likeness (QED) is 0.467. The Morgan fingerprint density at radius 2 is 1.92 bits per heavy atom. The molecule has 1 aliphatic carbocycles. The van der Waals surface area contributed by atoms with Crippen LogP contribution >= 0.6 is 11.9 Å². The molecule has 3 N–H and O–H groups in total. The summed E-state index contributed by atoms with van der Waals surface area (Å²) in [6.07, 6.45) is 11.9. The van der Waals surface area contributed by atoms with Crippen molar-refractivity contribution in [1.82, 2.24) is 14.5 Å². The average molecular weight is 351 g/mol. The van der Waals surface area contributed by atoms with E-state index in [-0.39, 0.29) is 0 Å². The molecular formula is C19H34N4S. The lowest BCUT2D eigenvalue weighted by molar-refractivity contribution is 0.325. The summed E-state index contributed by atoms with van der Waals surface area (Å²) in [6.45, 7) is 9.38. The number of hydrogen-bond acceptors (Lipinski definition) is 5. The molecule has 24 heavy (non-hydrogen) atoms. The van der Waals surface area contributed by atoms with E-state index in [9.17, 15) is 0 Å². The van der Waals surface area contributed by atoms with Gasteiger partial charge in [-0.2, -0.15) is 0 Å². The third kappa shape index (κ3) is 5.60. The van der Waals surface area contributed by atoms with E-state index >= 15 is 0 Å². The van der Waals surface area contributed by atoms with Crippen molar-refractivity contribution in [3.05, 3.63) is 23.8 Å². The van der Waals surface area contributed by atoms with E-state index in [4.69, 9.17) is 5.73 Å². The van der Waals surface area contributed by atoms with Gasteiger partial charge in [0.15, 0.2) is 0 Å². The highest BCUT2D eigenvalue weighted by atomic mass is 32.2. The van der Waals surface area contributed by atoms with E-state index in [2.05, 4.69) is 32.7 Å². The Bertz CT molecular complexity index is 423. The zero-order chi connectivity index (χ0) is 16.6. The van der Waals surface area contributed by atoms with Crippen LogP contribution in [-0.2, 0) is 0 Å². The fourth-order valence-corrected chi connectivity index (χ4v) is 5.18. The Labute approximate surface area is 152 Å². The minimum absolute atomic E-state index is 0.817. The van der Waals surface area contributed by atoms with Crippen molar-refractivity contribution in [3.63, 3.8) is 0 Å². The van der Waals surface area contributed by atoms with Gasteiger partial charge >= 0.3 is 0 Å². The smallest absolute Gasteiger partial charge is 0.0230 e. The van der Waals surface area contributed by atoms with Crippen LogP contribution < -0.4 is 11.1 Å². The van der Waals surface area contributed by atoms with Crippen LogP contribution in [0, 0.1) is 11.8 Å². The van der Waals surface area contributed by atoms with Crippen LogP contribution in [0.15, 0.2) is 23.8 Å². The summed E-state index contributed by atoms with van der Waals surface area (Å²) in [6, 6.07) is 0. The number of nitrogens with zero attached hydrogens (tertiary/aromatic N) is 2. The minimum atomic E-state index is 0.817. The molecule has 0 spiro atoms. The highest BCUT2D eigenvalue weighted by Gasteiger charge is 2.39. The Balaban J connectivity index is 1.27. The van der Waals surface area contributed by atoms with Gasteiger partial charge in [-0.15, -0.1) is 0 Å². The third-order valence-corrected chi connectivity index (χ3v) is 6.42. The Morgan fingerprint density at radius 3 is 2.62 bits per heavy atom. The van der Waals surface area contributed by atoms with Crippen molar-refractivity contribution >= 4 is 11.9 Å². The first-order chi connectivity index (χ1) is 11.8. The second-order valence-electron chi connectivity index (χ2n) is 7.40. The molecule has 0 radical (unpaired) electrons. The maximum absolute atomic E-state index is 5.51. The molecule has 0 amide bonds. The second-order valence-corrected chi connectivity index (χ2v) is 8.58. The first-order valence-electron chi connectivity index (χ1n) is 9.71. The van der Waals surface area contributed by atoms with Gasteiger partial charge in [0, 0.05) is 45.0 Å². The summed E-state index contributed by atoms with van der Waals surface area (Å²) >= 11 is 2.05. The van der Waals surface area contributed by atoms with Crippen LogP contribution in [0.3, 0.4) is 0 Å². The number of hydrogen-bond donors (Lipinski definition) is 2. The predicted octanol–water partition coefficient (Wildman–Crippen LogP) is 2.10. The van der Waals surface area contributed by atoms with Gasteiger partial charge in [-0.25, -0.2) is 4.31 Å². The maximum atomic E-state index is 5.51. The summed E-state index contributed by atoms with van der Waals surface area (Å²) in [7, 11) is 0. The van der Waals surface area contributed by atoms with Gasteiger partial charge in [0.25, 0.3) is 0 Å². The molecule has 5 heteroatoms. The summed E-state index contributed by atoms with van der Waals surface area (Å²) in [4.78, 5) is 2.68. The highest BCUT2D eigenvalue weighted by Crippen LogP contribution is 2.34. The normalized spacial score (nSPS) is 27.6. The van der Waals surface area contributed by atoms with Gasteiger partial charge in [0.05, 0.1) is 0 Å². The van der Waals surface area contributed by atoms with E-state index in [0.29, 0.717) is 0 Å². The molecule has 2 saturated heterocycles. The molecule has 3 aliphatic rings. The number of rotatable bonds is 10. The fraction of sp³-hybridized carbons (Fsp3) is 0.789. The SMILES string of the molecule is NCCCCNCCSN1CC2CN(CC3=CCCC=C3)CC2C1. The van der Waals surface area contributed by atoms with E-state index in [0.717, 1.165) is 37.9 Å². The summed E-state index contributed by atoms with van der Waals surface area (Å²) in [5.41, 5.74) is 7.05. The van der Waals surface area contributed by atoms with Crippen molar-refractivity contribution in [2.75, 3.05) is 58.1 Å². The molecule has 2 fully saturated rings. The minimum Gasteiger partial charge on any atom is -0.330 e. The maximum Gasteiger partial charge on any atom is 0.0230 e. The largest absolute Gasteiger partial charge is 0.330 e. The molecular weight excluding hydrogens is 316 g/mol. The molecule has 4 nitrogen and oxygen atoms in total. The summed E-state index contributed by atoms with van der Waals surface area (Å²) in [5.74, 6) is 2.98. The number of allylic oxidation sites excluding steroid dienone is 2. The van der Waals surface area contributed by atoms with Crippen LogP contribution in [0.2, 0.25) is 0 Å². The molecule has 0 aromatic heterocycles. The van der Waals surface area contributed by atoms with Crippen molar-refractivity contribution in [2.45, 2.75) is 25.7 Å². The van der Waals surface area contributed by atoms with Crippen LogP contribution in [0.25, 0.3) is 0 Å². The van der Waals surface area contributed by atoms with Crippen LogP contribution in [0.5, 0.6) is 0 Å². The van der Waals surface area contributed by atoms with Gasteiger partial charge in [-0.3, -0.25) is 4.90 Å². The van der Waals surface area contributed by atoms with Gasteiger partial charge in [-0.05, 0) is 56.2 Å². The number of nitrogens with one attached hydrogen (secondary N) is 1. The molecule has 0 saturated carbocycles. The summed E-state index contributed by atoms with van der Waals surface area (Å²) < 4.78 is 2.62. The van der Waals surface area contributed by atoms with Gasteiger partial charge in [-0.1, -0.05) is 30.2 Å². The highest BCUT2D eigenvalue weighted by molar-refractivity contribution is 7.97. The van der Waals surface area contributed by atoms with Crippen molar-refractivity contribution in [1.29, 1.82) is 0 Å². The third-order valence-electron chi connectivity index (χ3n) is 5.37. The molecule has 0 aromatic carbocycles. The topological polar surface area (TPSA) is 44.5 Å². The monoisotopic (exact) mass is 350 g/mol. The van der Waals surface area contributed by atoms with Gasteiger partial charge in [0.1, 0.15) is 0 Å². The average Bonchev–Trinajstić information content (AvgIpc) is 3.13. The van der Waals surface area contributed by atoms with Crippen LogP contribution in [0.4, 0.5) is 0 Å². The van der Waals surface area contributed by atoms with E-state index in [1.165, 1.54) is 63.3 Å². The zero-order valence-electron chi connectivity index (χ0n) is 15.0. The first kappa shape index (κ1) is 18.5.